The summed E-state index contributed by atoms with van der Waals surface area (Å²) in [6.07, 6.45) is 0. The van der Waals surface area contributed by atoms with Crippen LogP contribution in [-0.2, 0) is 0 Å². The topological polar surface area (TPSA) is 67.0 Å². The van der Waals surface area contributed by atoms with Gasteiger partial charge in [0.15, 0.2) is 5.78 Å². The predicted molar refractivity (Wildman–Crippen MR) is 77.3 cm³/mol. The molecule has 20 heavy (non-hydrogen) atoms. The van der Waals surface area contributed by atoms with E-state index in [1.807, 2.05) is 58.5 Å². The minimum Gasteiger partial charge on any atom is -0.291 e. The summed E-state index contributed by atoms with van der Waals surface area (Å²) in [7, 11) is 0. The molecule has 2 aliphatic heterocycles. The summed E-state index contributed by atoms with van der Waals surface area (Å²) in [6.45, 7) is 1.64. The third-order valence-corrected chi connectivity index (χ3v) is 3.50. The second-order valence-corrected chi connectivity index (χ2v) is 4.89. The molecule has 100 valence electrons. The van der Waals surface area contributed by atoms with Gasteiger partial charge in [-0.1, -0.05) is 30.3 Å². The zero-order valence-electron chi connectivity index (χ0n) is 10.8. The minimum atomic E-state index is 0.0552. The lowest BCUT2D eigenvalue weighted by molar-refractivity contribution is 0.103. The van der Waals surface area contributed by atoms with Gasteiger partial charge in [-0.25, -0.2) is 10.9 Å². The second kappa shape index (κ2) is 4.33. The summed E-state index contributed by atoms with van der Waals surface area (Å²) in [4.78, 5) is 12.6. The summed E-state index contributed by atoms with van der Waals surface area (Å²) in [5, 5.41) is 4.01. The molecule has 2 aromatic rings. The Balaban J connectivity index is 1.75. The fourth-order valence-electron chi connectivity index (χ4n) is 2.27. The first kappa shape index (κ1) is 11.5. The van der Waals surface area contributed by atoms with Crippen LogP contribution in [0.25, 0.3) is 0 Å². The van der Waals surface area contributed by atoms with Crippen molar-refractivity contribution in [2.45, 2.75) is 0 Å². The number of carbonyl (C=O) groups excluding carboxylic acids is 1. The highest BCUT2D eigenvalue weighted by Gasteiger charge is 2.27. The molecule has 0 bridgehead atoms. The number of nitrogens with one attached hydrogen (secondary N) is 2. The number of hydrogen-bond donors (Lipinski definition) is 2. The van der Waals surface area contributed by atoms with Crippen molar-refractivity contribution >= 4 is 17.2 Å². The van der Waals surface area contributed by atoms with Crippen molar-refractivity contribution in [1.82, 2.24) is 10.9 Å². The van der Waals surface area contributed by atoms with E-state index in [9.17, 15) is 4.79 Å². The highest BCUT2D eigenvalue weighted by Crippen LogP contribution is 2.31. The summed E-state index contributed by atoms with van der Waals surface area (Å²) < 4.78 is 0. The first-order valence-electron chi connectivity index (χ1n) is 6.59. The maximum atomic E-state index is 12.6. The number of anilines is 2. The lowest BCUT2D eigenvalue weighted by atomic mass is 10.0. The lowest BCUT2D eigenvalue weighted by Gasteiger charge is -2.11. The highest BCUT2D eigenvalue weighted by atomic mass is 16.1. The van der Waals surface area contributed by atoms with E-state index in [4.69, 9.17) is 0 Å². The molecule has 0 radical (unpaired) electrons. The molecule has 2 heterocycles. The molecule has 0 amide bonds. The van der Waals surface area contributed by atoms with Crippen LogP contribution in [0.5, 0.6) is 0 Å². The summed E-state index contributed by atoms with van der Waals surface area (Å²) >= 11 is 0. The van der Waals surface area contributed by atoms with E-state index in [0.717, 1.165) is 30.3 Å². The highest BCUT2D eigenvalue weighted by molar-refractivity contribution is 6.12. The SMILES string of the molecule is O=C(c1ccccc1)c1ccc(N2CN2)cc1N1CN1. The van der Waals surface area contributed by atoms with Gasteiger partial charge in [-0.3, -0.25) is 14.8 Å². The molecular weight excluding hydrogens is 252 g/mol. The van der Waals surface area contributed by atoms with Gasteiger partial charge < -0.3 is 0 Å². The molecule has 5 nitrogen and oxygen atoms in total. The number of hydrogen-bond acceptors (Lipinski definition) is 5. The fraction of sp³-hybridized carbons (Fsp3) is 0.133. The Morgan fingerprint density at radius 1 is 0.950 bits per heavy atom. The van der Waals surface area contributed by atoms with Crippen LogP contribution in [0, 0.1) is 0 Å². The van der Waals surface area contributed by atoms with Crippen molar-refractivity contribution < 1.29 is 4.79 Å². The second-order valence-electron chi connectivity index (χ2n) is 4.89. The van der Waals surface area contributed by atoms with Gasteiger partial charge in [-0.05, 0) is 18.2 Å². The van der Waals surface area contributed by atoms with Gasteiger partial charge in [0.1, 0.15) is 13.3 Å². The molecule has 0 aliphatic carbocycles. The van der Waals surface area contributed by atoms with Crippen LogP contribution in [0.15, 0.2) is 48.5 Å². The average molecular weight is 266 g/mol. The molecule has 0 spiro atoms. The molecule has 2 aromatic carbocycles. The molecule has 0 saturated carbocycles. The fourth-order valence-corrected chi connectivity index (χ4v) is 2.27. The number of hydrazine groups is 2. The Bertz CT molecular complexity index is 663. The zero-order chi connectivity index (χ0) is 13.5. The van der Waals surface area contributed by atoms with Gasteiger partial charge in [0.05, 0.1) is 11.4 Å². The largest absolute Gasteiger partial charge is 0.291 e. The summed E-state index contributed by atoms with van der Waals surface area (Å²) in [5.74, 6) is 0.0552. The minimum absolute atomic E-state index is 0.0552. The van der Waals surface area contributed by atoms with E-state index in [-0.39, 0.29) is 5.78 Å². The van der Waals surface area contributed by atoms with Gasteiger partial charge in [-0.15, -0.1) is 0 Å². The number of carbonyl (C=O) groups is 1. The van der Waals surface area contributed by atoms with Gasteiger partial charge in [0.2, 0.25) is 0 Å². The lowest BCUT2D eigenvalue weighted by Crippen LogP contribution is -2.09. The Labute approximate surface area is 116 Å². The van der Waals surface area contributed by atoms with E-state index in [1.165, 1.54) is 0 Å². The third kappa shape index (κ3) is 2.03. The van der Waals surface area contributed by atoms with Crippen LogP contribution in [0.1, 0.15) is 15.9 Å². The maximum Gasteiger partial charge on any atom is 0.195 e. The maximum absolute atomic E-state index is 12.6. The van der Waals surface area contributed by atoms with Crippen LogP contribution >= 0.6 is 0 Å². The predicted octanol–water partition coefficient (Wildman–Crippen LogP) is 1.48. The molecular formula is C15H14N4O. The first-order valence-corrected chi connectivity index (χ1v) is 6.59. The van der Waals surface area contributed by atoms with Crippen molar-refractivity contribution in [2.24, 2.45) is 0 Å². The quantitative estimate of drug-likeness (QED) is 0.648. The summed E-state index contributed by atoms with van der Waals surface area (Å²) in [6, 6.07) is 15.3. The van der Waals surface area contributed by atoms with E-state index in [2.05, 4.69) is 10.9 Å². The molecule has 0 unspecified atom stereocenters. The molecule has 0 aromatic heterocycles. The van der Waals surface area contributed by atoms with Crippen molar-refractivity contribution in [3.05, 3.63) is 59.7 Å². The molecule has 2 saturated heterocycles. The van der Waals surface area contributed by atoms with Crippen molar-refractivity contribution in [1.29, 1.82) is 0 Å². The third-order valence-electron chi connectivity index (χ3n) is 3.50. The smallest absolute Gasteiger partial charge is 0.195 e. The van der Waals surface area contributed by atoms with Gasteiger partial charge in [0.25, 0.3) is 0 Å². The Kier molecular flexibility index (Phi) is 2.48. The van der Waals surface area contributed by atoms with Gasteiger partial charge in [0, 0.05) is 11.1 Å². The Morgan fingerprint density at radius 3 is 2.30 bits per heavy atom. The van der Waals surface area contributed by atoms with Crippen LogP contribution < -0.4 is 20.9 Å². The molecule has 2 aliphatic rings. The number of rotatable bonds is 4. The molecule has 5 heteroatoms. The molecule has 4 rings (SSSR count). The number of ketones is 1. The monoisotopic (exact) mass is 266 g/mol. The molecule has 0 atom stereocenters. The van der Waals surface area contributed by atoms with Gasteiger partial charge in [-0.2, -0.15) is 0 Å². The zero-order valence-corrected chi connectivity index (χ0v) is 10.8. The Hall–Kier alpha value is -2.37. The number of nitrogens with zero attached hydrogens (tertiary/aromatic N) is 2. The van der Waals surface area contributed by atoms with E-state index in [0.29, 0.717) is 5.56 Å². The molecule has 2 N–H and O–H groups in total. The normalized spacial score (nSPS) is 16.2. The van der Waals surface area contributed by atoms with Crippen LogP contribution in [0.2, 0.25) is 0 Å². The van der Waals surface area contributed by atoms with Crippen LogP contribution in [0.4, 0.5) is 11.4 Å². The Morgan fingerprint density at radius 2 is 1.65 bits per heavy atom. The summed E-state index contributed by atoms with van der Waals surface area (Å²) in [5.41, 5.74) is 9.71. The van der Waals surface area contributed by atoms with Gasteiger partial charge >= 0.3 is 0 Å². The first-order chi connectivity index (χ1) is 9.83. The van der Waals surface area contributed by atoms with Crippen LogP contribution in [-0.4, -0.2) is 19.1 Å². The van der Waals surface area contributed by atoms with E-state index >= 15 is 0 Å². The van der Waals surface area contributed by atoms with E-state index < -0.39 is 0 Å². The van der Waals surface area contributed by atoms with Crippen molar-refractivity contribution in [3.8, 4) is 0 Å². The van der Waals surface area contributed by atoms with Crippen molar-refractivity contribution in [3.63, 3.8) is 0 Å². The average Bonchev–Trinajstić information content (AvgIpc) is 3.40. The van der Waals surface area contributed by atoms with Crippen LogP contribution in [0.3, 0.4) is 0 Å². The molecule has 2 fully saturated rings. The van der Waals surface area contributed by atoms with E-state index in [1.54, 1.807) is 0 Å². The number of benzene rings is 2. The standard InChI is InChI=1S/C15H14N4O/c20-15(11-4-2-1-3-5-11)13-7-6-12(18-9-16-18)8-14(13)19-10-17-19/h1-8,16-17H,9-10H2. The van der Waals surface area contributed by atoms with Crippen molar-refractivity contribution in [2.75, 3.05) is 23.4 Å².